The molecule has 1 aromatic rings. The lowest BCUT2D eigenvalue weighted by molar-refractivity contribution is -0.140. The van der Waals surface area contributed by atoms with E-state index in [0.29, 0.717) is 0 Å². The van der Waals surface area contributed by atoms with Gasteiger partial charge in [0, 0.05) is 13.0 Å². The fourth-order valence-corrected chi connectivity index (χ4v) is 4.23. The third kappa shape index (κ3) is 3.97. The topological polar surface area (TPSA) is 66.5 Å². The highest BCUT2D eigenvalue weighted by Gasteiger charge is 2.47. The van der Waals surface area contributed by atoms with Gasteiger partial charge in [-0.05, 0) is 24.8 Å². The molecule has 1 heterocycles. The molecular weight excluding hydrogens is 328 g/mol. The summed E-state index contributed by atoms with van der Waals surface area (Å²) in [5, 5.41) is 3.06. The van der Waals surface area contributed by atoms with E-state index >= 15 is 0 Å². The first kappa shape index (κ1) is 18.6. The van der Waals surface area contributed by atoms with Crippen LogP contribution in [0.5, 0.6) is 0 Å². The van der Waals surface area contributed by atoms with Gasteiger partial charge in [0.05, 0.1) is 17.9 Å². The fourth-order valence-electron chi connectivity index (χ4n) is 4.23. The largest absolute Gasteiger partial charge is 0.349 e. The van der Waals surface area contributed by atoms with E-state index in [1.165, 1.54) is 4.90 Å². The Morgan fingerprint density at radius 2 is 1.73 bits per heavy atom. The van der Waals surface area contributed by atoms with Crippen LogP contribution in [0.3, 0.4) is 0 Å². The average Bonchev–Trinajstić information content (AvgIpc) is 2.91. The number of likely N-dealkylation sites (tertiary alicyclic amines) is 1. The van der Waals surface area contributed by atoms with E-state index < -0.39 is 0 Å². The van der Waals surface area contributed by atoms with Crippen molar-refractivity contribution in [3.63, 3.8) is 0 Å². The van der Waals surface area contributed by atoms with Crippen LogP contribution in [0.4, 0.5) is 0 Å². The Hall–Kier alpha value is -2.17. The number of hydrogen-bond donors (Lipinski definition) is 1. The van der Waals surface area contributed by atoms with Gasteiger partial charge in [-0.3, -0.25) is 19.3 Å². The van der Waals surface area contributed by atoms with Crippen molar-refractivity contribution in [1.82, 2.24) is 10.2 Å². The summed E-state index contributed by atoms with van der Waals surface area (Å²) in [5.74, 6) is -0.531. The third-order valence-electron chi connectivity index (χ3n) is 5.61. The van der Waals surface area contributed by atoms with E-state index in [9.17, 15) is 14.4 Å². The summed E-state index contributed by atoms with van der Waals surface area (Å²) >= 11 is 0. The molecule has 3 atom stereocenters. The second-order valence-electron chi connectivity index (χ2n) is 7.40. The standard InChI is InChI=1S/C21H28N2O3/c1-2-8-18(15-9-4-3-5-10-15)22-19(24)13-14-23-20(25)16-11-6-7-12-17(16)21(23)26/h3-5,9-10,16-18H,2,6-8,11-14H2,1H3,(H,22,24)/t16-,17+,18-/m1/s1. The monoisotopic (exact) mass is 356 g/mol. The van der Waals surface area contributed by atoms with Crippen molar-refractivity contribution >= 4 is 17.7 Å². The van der Waals surface area contributed by atoms with Crippen LogP contribution in [-0.2, 0) is 14.4 Å². The fraction of sp³-hybridized carbons (Fsp3) is 0.571. The van der Waals surface area contributed by atoms with Crippen molar-refractivity contribution < 1.29 is 14.4 Å². The van der Waals surface area contributed by atoms with Gasteiger partial charge in [-0.2, -0.15) is 0 Å². The van der Waals surface area contributed by atoms with Crippen molar-refractivity contribution in [2.75, 3.05) is 6.54 Å². The van der Waals surface area contributed by atoms with Gasteiger partial charge in [-0.1, -0.05) is 56.5 Å². The van der Waals surface area contributed by atoms with Crippen LogP contribution >= 0.6 is 0 Å². The van der Waals surface area contributed by atoms with Crippen molar-refractivity contribution in [3.05, 3.63) is 35.9 Å². The number of fused-ring (bicyclic) bond motifs is 1. The van der Waals surface area contributed by atoms with Crippen LogP contribution in [-0.4, -0.2) is 29.2 Å². The molecule has 1 N–H and O–H groups in total. The number of carbonyl (C=O) groups is 3. The van der Waals surface area contributed by atoms with Gasteiger partial charge >= 0.3 is 0 Å². The maximum atomic E-state index is 12.5. The second kappa shape index (κ2) is 8.47. The number of rotatable bonds is 7. The number of imide groups is 1. The normalized spacial score (nSPS) is 23.7. The van der Waals surface area contributed by atoms with Gasteiger partial charge in [0.15, 0.2) is 0 Å². The Bertz CT molecular complexity index is 634. The highest BCUT2D eigenvalue weighted by atomic mass is 16.2. The molecule has 1 aliphatic carbocycles. The quantitative estimate of drug-likeness (QED) is 0.763. The summed E-state index contributed by atoms with van der Waals surface area (Å²) in [4.78, 5) is 38.7. The molecule has 0 bridgehead atoms. The molecule has 0 spiro atoms. The molecule has 1 aromatic carbocycles. The molecule has 26 heavy (non-hydrogen) atoms. The first-order valence-electron chi connectivity index (χ1n) is 9.81. The molecule has 1 saturated carbocycles. The lowest BCUT2D eigenvalue weighted by Gasteiger charge is -2.20. The van der Waals surface area contributed by atoms with Crippen LogP contribution in [0.15, 0.2) is 30.3 Å². The molecule has 2 aliphatic rings. The molecule has 5 heteroatoms. The predicted molar refractivity (Wildman–Crippen MR) is 99.0 cm³/mol. The first-order valence-corrected chi connectivity index (χ1v) is 9.81. The van der Waals surface area contributed by atoms with Crippen LogP contribution in [0.25, 0.3) is 0 Å². The summed E-state index contributed by atoms with van der Waals surface area (Å²) in [7, 11) is 0. The molecule has 5 nitrogen and oxygen atoms in total. The zero-order chi connectivity index (χ0) is 18.5. The molecular formula is C21H28N2O3. The Morgan fingerprint density at radius 1 is 1.12 bits per heavy atom. The second-order valence-corrected chi connectivity index (χ2v) is 7.40. The molecule has 0 unspecified atom stereocenters. The number of nitrogens with one attached hydrogen (secondary N) is 1. The van der Waals surface area contributed by atoms with Crippen LogP contribution in [0, 0.1) is 11.8 Å². The van der Waals surface area contributed by atoms with Gasteiger partial charge in [-0.25, -0.2) is 0 Å². The van der Waals surface area contributed by atoms with Crippen LogP contribution < -0.4 is 5.32 Å². The summed E-state index contributed by atoms with van der Waals surface area (Å²) in [5.41, 5.74) is 1.09. The highest BCUT2D eigenvalue weighted by Crippen LogP contribution is 2.37. The molecule has 0 aromatic heterocycles. The summed E-state index contributed by atoms with van der Waals surface area (Å²) in [6, 6.07) is 9.89. The van der Waals surface area contributed by atoms with Crippen molar-refractivity contribution in [3.8, 4) is 0 Å². The van der Waals surface area contributed by atoms with Crippen LogP contribution in [0.1, 0.15) is 63.5 Å². The van der Waals surface area contributed by atoms with Crippen molar-refractivity contribution in [2.24, 2.45) is 11.8 Å². The van der Waals surface area contributed by atoms with Gasteiger partial charge < -0.3 is 5.32 Å². The Balaban J connectivity index is 1.56. The first-order chi connectivity index (χ1) is 12.6. The Kier molecular flexibility index (Phi) is 6.07. The van der Waals surface area contributed by atoms with E-state index in [-0.39, 0.29) is 48.6 Å². The van der Waals surface area contributed by atoms with E-state index in [2.05, 4.69) is 12.2 Å². The lowest BCUT2D eigenvalue weighted by atomic mass is 9.81. The zero-order valence-electron chi connectivity index (χ0n) is 15.4. The van der Waals surface area contributed by atoms with Gasteiger partial charge in [-0.15, -0.1) is 0 Å². The summed E-state index contributed by atoms with van der Waals surface area (Å²) in [6.07, 6.45) is 5.65. The highest BCUT2D eigenvalue weighted by molar-refractivity contribution is 6.05. The number of carbonyl (C=O) groups excluding carboxylic acids is 3. The zero-order valence-corrected chi connectivity index (χ0v) is 15.4. The molecule has 0 radical (unpaired) electrons. The van der Waals surface area contributed by atoms with E-state index in [4.69, 9.17) is 0 Å². The van der Waals surface area contributed by atoms with Crippen molar-refractivity contribution in [2.45, 2.75) is 57.9 Å². The lowest BCUT2D eigenvalue weighted by Crippen LogP contribution is -2.36. The van der Waals surface area contributed by atoms with Gasteiger partial charge in [0.1, 0.15) is 0 Å². The molecule has 1 aliphatic heterocycles. The van der Waals surface area contributed by atoms with Crippen LogP contribution in [0.2, 0.25) is 0 Å². The maximum absolute atomic E-state index is 12.5. The van der Waals surface area contributed by atoms with Gasteiger partial charge in [0.25, 0.3) is 0 Å². The third-order valence-corrected chi connectivity index (χ3v) is 5.61. The minimum absolute atomic E-state index is 0.0266. The summed E-state index contributed by atoms with van der Waals surface area (Å²) < 4.78 is 0. The minimum atomic E-state index is -0.142. The van der Waals surface area contributed by atoms with E-state index in [1.807, 2.05) is 30.3 Å². The van der Waals surface area contributed by atoms with Gasteiger partial charge in [0.2, 0.25) is 17.7 Å². The number of hydrogen-bond acceptors (Lipinski definition) is 3. The predicted octanol–water partition coefficient (Wildman–Crippen LogP) is 3.21. The van der Waals surface area contributed by atoms with Crippen molar-refractivity contribution in [1.29, 1.82) is 0 Å². The Morgan fingerprint density at radius 3 is 2.31 bits per heavy atom. The average molecular weight is 356 g/mol. The maximum Gasteiger partial charge on any atom is 0.233 e. The number of benzene rings is 1. The van der Waals surface area contributed by atoms with E-state index in [0.717, 1.165) is 44.1 Å². The smallest absolute Gasteiger partial charge is 0.233 e. The molecule has 1 saturated heterocycles. The SMILES string of the molecule is CCC[C@@H](NC(=O)CCN1C(=O)[C@H]2CCCC[C@H]2C1=O)c1ccccc1. The van der Waals surface area contributed by atoms with E-state index in [1.54, 1.807) is 0 Å². The number of nitrogens with zero attached hydrogens (tertiary/aromatic N) is 1. The summed E-state index contributed by atoms with van der Waals surface area (Å²) in [6.45, 7) is 2.29. The molecule has 2 fully saturated rings. The minimum Gasteiger partial charge on any atom is -0.349 e. The molecule has 140 valence electrons. The Labute approximate surface area is 155 Å². The molecule has 3 rings (SSSR count). The number of amides is 3. The molecule has 3 amide bonds.